The normalized spacial score (nSPS) is 17.5. The maximum absolute atomic E-state index is 12.2. The summed E-state index contributed by atoms with van der Waals surface area (Å²) >= 11 is 0. The van der Waals surface area contributed by atoms with Gasteiger partial charge in [-0.2, -0.15) is 0 Å². The molecule has 2 amide bonds. The number of ether oxygens (including phenoxy) is 1. The third kappa shape index (κ3) is 3.19. The Labute approximate surface area is 127 Å². The number of likely N-dealkylation sites (tertiary alicyclic amines) is 1. The fourth-order valence-corrected chi connectivity index (χ4v) is 2.44. The van der Waals surface area contributed by atoms with Gasteiger partial charge < -0.3 is 20.1 Å². The number of hydrogen-bond donors (Lipinski definition) is 2. The molecular weight excluding hydrogens is 288 g/mol. The highest BCUT2D eigenvalue weighted by Gasteiger charge is 2.33. The second-order valence-electron chi connectivity index (χ2n) is 5.04. The van der Waals surface area contributed by atoms with E-state index in [2.05, 4.69) is 5.32 Å². The van der Waals surface area contributed by atoms with Crippen molar-refractivity contribution < 1.29 is 24.2 Å². The molecule has 1 fully saturated rings. The topological polar surface area (TPSA) is 95.9 Å². The molecule has 1 aliphatic rings. The summed E-state index contributed by atoms with van der Waals surface area (Å²) in [6.45, 7) is 2.86. The van der Waals surface area contributed by atoms with E-state index in [1.165, 1.54) is 25.3 Å². The zero-order valence-electron chi connectivity index (χ0n) is 12.5. The van der Waals surface area contributed by atoms with Gasteiger partial charge in [-0.05, 0) is 19.1 Å². The van der Waals surface area contributed by atoms with Crippen molar-refractivity contribution in [2.75, 3.05) is 25.5 Å². The Morgan fingerprint density at radius 2 is 2.18 bits per heavy atom. The predicted octanol–water partition coefficient (Wildman–Crippen LogP) is 1.20. The Hall–Kier alpha value is -2.57. The molecular formula is C15H18N2O5. The molecule has 7 nitrogen and oxygen atoms in total. The van der Waals surface area contributed by atoms with Gasteiger partial charge in [-0.25, -0.2) is 4.79 Å². The molecule has 2 N–H and O–H groups in total. The average molecular weight is 306 g/mol. The summed E-state index contributed by atoms with van der Waals surface area (Å²) in [7, 11) is 1.36. The van der Waals surface area contributed by atoms with Crippen molar-refractivity contribution in [3.05, 3.63) is 23.8 Å². The maximum atomic E-state index is 12.2. The van der Waals surface area contributed by atoms with Gasteiger partial charge in [-0.3, -0.25) is 9.59 Å². The number of anilines is 1. The van der Waals surface area contributed by atoms with Gasteiger partial charge in [0.2, 0.25) is 11.8 Å². The third-order valence-corrected chi connectivity index (χ3v) is 3.67. The molecule has 0 radical (unpaired) electrons. The van der Waals surface area contributed by atoms with E-state index in [-0.39, 0.29) is 29.5 Å². The van der Waals surface area contributed by atoms with Crippen LogP contribution in [0, 0.1) is 5.92 Å². The molecule has 1 atom stereocenters. The Bertz CT molecular complexity index is 614. The van der Waals surface area contributed by atoms with Crippen molar-refractivity contribution in [3.8, 4) is 5.75 Å². The SMILES string of the molecule is CCN1CC(C(=O)Nc2ccc(C(=O)O)c(OC)c2)CC1=O. The molecule has 0 spiro atoms. The minimum absolute atomic E-state index is 0.0219. The molecule has 0 saturated carbocycles. The van der Waals surface area contributed by atoms with Gasteiger partial charge in [0.05, 0.1) is 13.0 Å². The molecule has 0 aliphatic carbocycles. The molecule has 0 aromatic heterocycles. The van der Waals surface area contributed by atoms with Crippen LogP contribution in [0.5, 0.6) is 5.75 Å². The maximum Gasteiger partial charge on any atom is 0.339 e. The molecule has 7 heteroatoms. The summed E-state index contributed by atoms with van der Waals surface area (Å²) < 4.78 is 5.01. The standard InChI is InChI=1S/C15H18N2O5/c1-3-17-8-9(6-13(17)18)14(19)16-10-4-5-11(15(20)21)12(7-10)22-2/h4-5,7,9H,3,6,8H2,1-2H3,(H,16,19)(H,20,21). The highest BCUT2D eigenvalue weighted by Crippen LogP contribution is 2.25. The van der Waals surface area contributed by atoms with Crippen LogP contribution in [0.1, 0.15) is 23.7 Å². The number of nitrogens with one attached hydrogen (secondary N) is 1. The first-order chi connectivity index (χ1) is 10.5. The number of benzene rings is 1. The van der Waals surface area contributed by atoms with Crippen LogP contribution in [0.2, 0.25) is 0 Å². The lowest BCUT2D eigenvalue weighted by Gasteiger charge is -2.14. The van der Waals surface area contributed by atoms with Crippen molar-refractivity contribution >= 4 is 23.5 Å². The zero-order chi connectivity index (χ0) is 16.3. The Morgan fingerprint density at radius 3 is 2.73 bits per heavy atom. The van der Waals surface area contributed by atoms with Crippen LogP contribution < -0.4 is 10.1 Å². The summed E-state index contributed by atoms with van der Waals surface area (Å²) in [5.41, 5.74) is 0.461. The van der Waals surface area contributed by atoms with E-state index in [1.54, 1.807) is 4.90 Å². The number of carboxylic acid groups (broad SMARTS) is 1. The van der Waals surface area contributed by atoms with Gasteiger partial charge in [0.1, 0.15) is 11.3 Å². The summed E-state index contributed by atoms with van der Waals surface area (Å²) in [5.74, 6) is -1.61. The van der Waals surface area contributed by atoms with E-state index >= 15 is 0 Å². The number of carbonyl (C=O) groups excluding carboxylic acids is 2. The lowest BCUT2D eigenvalue weighted by molar-refractivity contribution is -0.128. The van der Waals surface area contributed by atoms with E-state index in [4.69, 9.17) is 9.84 Å². The van der Waals surface area contributed by atoms with Crippen LogP contribution in [0.25, 0.3) is 0 Å². The lowest BCUT2D eigenvalue weighted by atomic mass is 10.1. The number of amides is 2. The molecule has 22 heavy (non-hydrogen) atoms. The van der Waals surface area contributed by atoms with E-state index in [9.17, 15) is 14.4 Å². The fraction of sp³-hybridized carbons (Fsp3) is 0.400. The lowest BCUT2D eigenvalue weighted by Crippen LogP contribution is -2.28. The van der Waals surface area contributed by atoms with Crippen molar-refractivity contribution in [2.24, 2.45) is 5.92 Å². The van der Waals surface area contributed by atoms with E-state index in [0.29, 0.717) is 18.8 Å². The van der Waals surface area contributed by atoms with Crippen LogP contribution in [-0.4, -0.2) is 48.0 Å². The number of carboxylic acids is 1. The van der Waals surface area contributed by atoms with Crippen LogP contribution in [-0.2, 0) is 9.59 Å². The molecule has 1 aromatic carbocycles. The van der Waals surface area contributed by atoms with Crippen LogP contribution >= 0.6 is 0 Å². The van der Waals surface area contributed by atoms with E-state index in [1.807, 2.05) is 6.92 Å². The van der Waals surface area contributed by atoms with Crippen molar-refractivity contribution in [1.29, 1.82) is 0 Å². The minimum Gasteiger partial charge on any atom is -0.496 e. The van der Waals surface area contributed by atoms with Gasteiger partial charge in [0.25, 0.3) is 0 Å². The minimum atomic E-state index is -1.10. The Morgan fingerprint density at radius 1 is 1.45 bits per heavy atom. The molecule has 1 unspecified atom stereocenters. The summed E-state index contributed by atoms with van der Waals surface area (Å²) in [6, 6.07) is 4.32. The van der Waals surface area contributed by atoms with Crippen LogP contribution in [0.15, 0.2) is 18.2 Å². The molecule has 1 aromatic rings. The summed E-state index contributed by atoms with van der Waals surface area (Å²) in [4.78, 5) is 36.5. The highest BCUT2D eigenvalue weighted by molar-refractivity contribution is 5.98. The first-order valence-corrected chi connectivity index (χ1v) is 6.96. The Balaban J connectivity index is 2.09. The van der Waals surface area contributed by atoms with Gasteiger partial charge >= 0.3 is 5.97 Å². The van der Waals surface area contributed by atoms with Gasteiger partial charge in [-0.1, -0.05) is 0 Å². The Kier molecular flexibility index (Phi) is 4.65. The first kappa shape index (κ1) is 15.8. The van der Waals surface area contributed by atoms with E-state index < -0.39 is 11.9 Å². The van der Waals surface area contributed by atoms with Gasteiger partial charge in [0, 0.05) is 31.3 Å². The average Bonchev–Trinajstić information content (AvgIpc) is 2.88. The largest absolute Gasteiger partial charge is 0.496 e. The second kappa shape index (κ2) is 6.46. The zero-order valence-corrected chi connectivity index (χ0v) is 12.5. The van der Waals surface area contributed by atoms with E-state index in [0.717, 1.165) is 0 Å². The number of rotatable bonds is 5. The van der Waals surface area contributed by atoms with Crippen molar-refractivity contribution in [2.45, 2.75) is 13.3 Å². The molecule has 1 saturated heterocycles. The predicted molar refractivity (Wildman–Crippen MR) is 78.9 cm³/mol. The molecule has 1 heterocycles. The molecule has 2 rings (SSSR count). The van der Waals surface area contributed by atoms with Crippen LogP contribution in [0.4, 0.5) is 5.69 Å². The third-order valence-electron chi connectivity index (χ3n) is 3.67. The van der Waals surface area contributed by atoms with Crippen molar-refractivity contribution in [1.82, 2.24) is 4.90 Å². The monoisotopic (exact) mass is 306 g/mol. The smallest absolute Gasteiger partial charge is 0.339 e. The molecule has 1 aliphatic heterocycles. The highest BCUT2D eigenvalue weighted by atomic mass is 16.5. The number of carbonyl (C=O) groups is 3. The molecule has 118 valence electrons. The summed E-state index contributed by atoms with van der Waals surface area (Å²) in [5, 5.41) is 11.7. The van der Waals surface area contributed by atoms with Crippen LogP contribution in [0.3, 0.4) is 0 Å². The molecule has 0 bridgehead atoms. The number of methoxy groups -OCH3 is 1. The number of nitrogens with zero attached hydrogens (tertiary/aromatic N) is 1. The quantitative estimate of drug-likeness (QED) is 0.852. The van der Waals surface area contributed by atoms with Gasteiger partial charge in [0.15, 0.2) is 0 Å². The summed E-state index contributed by atoms with van der Waals surface area (Å²) in [6.07, 6.45) is 0.198. The van der Waals surface area contributed by atoms with Gasteiger partial charge in [-0.15, -0.1) is 0 Å². The van der Waals surface area contributed by atoms with Crippen molar-refractivity contribution in [3.63, 3.8) is 0 Å². The first-order valence-electron chi connectivity index (χ1n) is 6.96. The fourth-order valence-electron chi connectivity index (χ4n) is 2.44. The second-order valence-corrected chi connectivity index (χ2v) is 5.04. The number of aromatic carboxylic acids is 1. The number of hydrogen-bond acceptors (Lipinski definition) is 4.